The predicted molar refractivity (Wildman–Crippen MR) is 122 cm³/mol. The van der Waals surface area contributed by atoms with Crippen molar-refractivity contribution in [3.05, 3.63) is 65.5 Å². The summed E-state index contributed by atoms with van der Waals surface area (Å²) in [5.41, 5.74) is 1.82. The van der Waals surface area contributed by atoms with Crippen molar-refractivity contribution >= 4 is 27.2 Å². The molecule has 2 atom stereocenters. The standard InChI is InChI=1S/C23H26N4O5S/c1-15-13-26(14-16(2)32-15)22(29)18-9-7-17(8-10-18)12-24-21(28)20-19-6-4-5-11-27(19)23(25-20)33(3,30)31/h4-11,15-16H,12-14H2,1-3H3,(H,24,28). The van der Waals surface area contributed by atoms with E-state index >= 15 is 0 Å². The van der Waals surface area contributed by atoms with Gasteiger partial charge in [0.05, 0.1) is 17.7 Å². The number of fused-ring (bicyclic) bond motifs is 1. The van der Waals surface area contributed by atoms with Crippen molar-refractivity contribution in [3.8, 4) is 0 Å². The van der Waals surface area contributed by atoms with Crippen molar-refractivity contribution in [2.75, 3.05) is 19.3 Å². The van der Waals surface area contributed by atoms with Crippen LogP contribution in [0.3, 0.4) is 0 Å². The van der Waals surface area contributed by atoms with Gasteiger partial charge in [-0.15, -0.1) is 0 Å². The lowest BCUT2D eigenvalue weighted by Crippen LogP contribution is -2.48. The molecule has 9 nitrogen and oxygen atoms in total. The quantitative estimate of drug-likeness (QED) is 0.610. The first kappa shape index (κ1) is 22.9. The first-order valence-corrected chi connectivity index (χ1v) is 12.5. The van der Waals surface area contributed by atoms with Crippen molar-refractivity contribution in [1.29, 1.82) is 0 Å². The van der Waals surface area contributed by atoms with Crippen molar-refractivity contribution < 1.29 is 22.7 Å². The van der Waals surface area contributed by atoms with Gasteiger partial charge in [0, 0.05) is 37.7 Å². The molecule has 1 fully saturated rings. The summed E-state index contributed by atoms with van der Waals surface area (Å²) in [7, 11) is -3.61. The van der Waals surface area contributed by atoms with E-state index in [1.54, 1.807) is 53.6 Å². The minimum Gasteiger partial charge on any atom is -0.372 e. The van der Waals surface area contributed by atoms with Gasteiger partial charge in [0.25, 0.3) is 11.8 Å². The van der Waals surface area contributed by atoms with E-state index < -0.39 is 15.7 Å². The van der Waals surface area contributed by atoms with E-state index in [2.05, 4.69) is 10.3 Å². The van der Waals surface area contributed by atoms with Gasteiger partial charge < -0.3 is 15.0 Å². The van der Waals surface area contributed by atoms with Gasteiger partial charge in [-0.1, -0.05) is 18.2 Å². The Morgan fingerprint density at radius 1 is 1.09 bits per heavy atom. The molecule has 0 aliphatic carbocycles. The van der Waals surface area contributed by atoms with Crippen LogP contribution in [0, 0.1) is 0 Å². The van der Waals surface area contributed by atoms with E-state index in [1.807, 2.05) is 13.8 Å². The number of hydrogen-bond acceptors (Lipinski definition) is 6. The smallest absolute Gasteiger partial charge is 0.272 e. The Morgan fingerprint density at radius 3 is 2.39 bits per heavy atom. The minimum atomic E-state index is -3.61. The lowest BCUT2D eigenvalue weighted by molar-refractivity contribution is -0.0586. The number of benzene rings is 1. The maximum Gasteiger partial charge on any atom is 0.272 e. The van der Waals surface area contributed by atoms with Crippen LogP contribution in [-0.4, -0.2) is 66.1 Å². The van der Waals surface area contributed by atoms with Crippen molar-refractivity contribution in [1.82, 2.24) is 19.6 Å². The van der Waals surface area contributed by atoms with Gasteiger partial charge in [0.1, 0.15) is 0 Å². The number of carbonyl (C=O) groups is 2. The molecule has 0 saturated carbocycles. The second kappa shape index (κ2) is 8.95. The summed E-state index contributed by atoms with van der Waals surface area (Å²) >= 11 is 0. The lowest BCUT2D eigenvalue weighted by Gasteiger charge is -2.35. The number of imidazole rings is 1. The maximum absolute atomic E-state index is 12.8. The first-order chi connectivity index (χ1) is 15.6. The summed E-state index contributed by atoms with van der Waals surface area (Å²) < 4.78 is 31.2. The highest BCUT2D eigenvalue weighted by molar-refractivity contribution is 7.90. The number of pyridine rings is 1. The van der Waals surface area contributed by atoms with Crippen LogP contribution in [0.25, 0.3) is 5.52 Å². The molecule has 1 aromatic carbocycles. The molecule has 2 amide bonds. The Hall–Kier alpha value is -3.24. The molecule has 1 N–H and O–H groups in total. The third-order valence-corrected chi connectivity index (χ3v) is 6.37. The summed E-state index contributed by atoms with van der Waals surface area (Å²) in [6.45, 7) is 5.21. The summed E-state index contributed by atoms with van der Waals surface area (Å²) in [5, 5.41) is 2.59. The van der Waals surface area contributed by atoms with E-state index in [-0.39, 0.29) is 35.5 Å². The second-order valence-corrected chi connectivity index (χ2v) is 10.2. The summed E-state index contributed by atoms with van der Waals surface area (Å²) in [6.07, 6.45) is 2.60. The molecular formula is C23H26N4O5S. The lowest BCUT2D eigenvalue weighted by atomic mass is 10.1. The predicted octanol–water partition coefficient (Wildman–Crippen LogP) is 1.92. The topological polar surface area (TPSA) is 110 Å². The number of amides is 2. The number of hydrogen-bond donors (Lipinski definition) is 1. The third-order valence-electron chi connectivity index (χ3n) is 5.42. The molecule has 3 heterocycles. The van der Waals surface area contributed by atoms with Crippen molar-refractivity contribution in [3.63, 3.8) is 0 Å². The van der Waals surface area contributed by atoms with Crippen LogP contribution in [0.1, 0.15) is 40.3 Å². The molecule has 3 aromatic rings. The van der Waals surface area contributed by atoms with Gasteiger partial charge >= 0.3 is 0 Å². The zero-order chi connectivity index (χ0) is 23.8. The van der Waals surface area contributed by atoms with Crippen LogP contribution in [-0.2, 0) is 21.1 Å². The number of nitrogens with zero attached hydrogens (tertiary/aromatic N) is 3. The largest absolute Gasteiger partial charge is 0.372 e. The fourth-order valence-electron chi connectivity index (χ4n) is 4.00. The third kappa shape index (κ3) is 4.91. The fraction of sp³-hybridized carbons (Fsp3) is 0.348. The summed E-state index contributed by atoms with van der Waals surface area (Å²) in [6, 6.07) is 12.1. The minimum absolute atomic E-state index is 0.00515. The number of nitrogens with one attached hydrogen (secondary N) is 1. The van der Waals surface area contributed by atoms with Crippen molar-refractivity contribution in [2.45, 2.75) is 37.8 Å². The van der Waals surface area contributed by atoms with Gasteiger partial charge in [-0.3, -0.25) is 14.0 Å². The fourth-order valence-corrected chi connectivity index (χ4v) is 4.77. The van der Waals surface area contributed by atoms with E-state index in [9.17, 15) is 18.0 Å². The van der Waals surface area contributed by atoms with Crippen LogP contribution in [0.2, 0.25) is 0 Å². The molecule has 0 spiro atoms. The Kier molecular flexibility index (Phi) is 6.22. The number of rotatable bonds is 5. The Labute approximate surface area is 192 Å². The number of sulfone groups is 1. The molecular weight excluding hydrogens is 444 g/mol. The second-order valence-electron chi connectivity index (χ2n) is 8.32. The zero-order valence-electron chi connectivity index (χ0n) is 18.7. The van der Waals surface area contributed by atoms with Gasteiger partial charge in [-0.05, 0) is 43.7 Å². The summed E-state index contributed by atoms with van der Waals surface area (Å²) in [5.74, 6) is -0.532. The number of morpholine rings is 1. The average Bonchev–Trinajstić information content (AvgIpc) is 3.17. The average molecular weight is 471 g/mol. The zero-order valence-corrected chi connectivity index (χ0v) is 19.5. The molecule has 10 heteroatoms. The molecule has 174 valence electrons. The van der Waals surface area contributed by atoms with Gasteiger partial charge in [0.15, 0.2) is 5.69 Å². The molecule has 0 bridgehead atoms. The van der Waals surface area contributed by atoms with Crippen molar-refractivity contribution in [2.24, 2.45) is 0 Å². The van der Waals surface area contributed by atoms with Gasteiger partial charge in [-0.25, -0.2) is 13.4 Å². The van der Waals surface area contributed by atoms with Crippen LogP contribution in [0.4, 0.5) is 0 Å². The number of carbonyl (C=O) groups excluding carboxylic acids is 2. The van der Waals surface area contributed by atoms with E-state index in [0.717, 1.165) is 11.8 Å². The highest BCUT2D eigenvalue weighted by Crippen LogP contribution is 2.18. The van der Waals surface area contributed by atoms with Crippen LogP contribution in [0.15, 0.2) is 53.8 Å². The molecule has 1 aliphatic heterocycles. The Balaban J connectivity index is 1.45. The first-order valence-electron chi connectivity index (χ1n) is 10.6. The molecule has 0 radical (unpaired) electrons. The Morgan fingerprint density at radius 2 is 1.76 bits per heavy atom. The number of aromatic nitrogens is 2. The highest BCUT2D eigenvalue weighted by Gasteiger charge is 2.26. The SMILES string of the molecule is CC1CN(C(=O)c2ccc(CNC(=O)c3nc(S(C)(=O)=O)n4ccccc34)cc2)CC(C)O1. The normalized spacial score (nSPS) is 18.9. The van der Waals surface area contributed by atoms with Crippen LogP contribution in [0.5, 0.6) is 0 Å². The molecule has 1 aliphatic rings. The Bertz CT molecular complexity index is 1290. The van der Waals surface area contributed by atoms with Gasteiger partial charge in [-0.2, -0.15) is 0 Å². The summed E-state index contributed by atoms with van der Waals surface area (Å²) in [4.78, 5) is 31.4. The van der Waals surface area contributed by atoms with Crippen LogP contribution >= 0.6 is 0 Å². The molecule has 1 saturated heterocycles. The van der Waals surface area contributed by atoms with E-state index in [1.165, 1.54) is 4.40 Å². The number of ether oxygens (including phenoxy) is 1. The van der Waals surface area contributed by atoms with Crippen LogP contribution < -0.4 is 5.32 Å². The monoisotopic (exact) mass is 470 g/mol. The maximum atomic E-state index is 12.8. The molecule has 2 unspecified atom stereocenters. The molecule has 2 aromatic heterocycles. The molecule has 33 heavy (non-hydrogen) atoms. The van der Waals surface area contributed by atoms with E-state index in [0.29, 0.717) is 24.2 Å². The highest BCUT2D eigenvalue weighted by atomic mass is 32.2. The molecule has 4 rings (SSSR count). The van der Waals surface area contributed by atoms with Gasteiger partial charge in [0.2, 0.25) is 15.0 Å². The van der Waals surface area contributed by atoms with E-state index in [4.69, 9.17) is 4.74 Å².